The number of aliphatic hydroxyl groups excluding tert-OH is 1. The minimum absolute atomic E-state index is 0.0320. The Morgan fingerprint density at radius 3 is 2.33 bits per heavy atom. The van der Waals surface area contributed by atoms with Gasteiger partial charge in [0.25, 0.3) is 0 Å². The summed E-state index contributed by atoms with van der Waals surface area (Å²) in [6, 6.07) is -1.32. The molecule has 0 rings (SSSR count). The maximum Gasteiger partial charge on any atom is 0.312 e. The lowest BCUT2D eigenvalue weighted by atomic mass is 10.0. The highest BCUT2D eigenvalue weighted by atomic mass is 16.3. The van der Waals surface area contributed by atoms with Gasteiger partial charge in [-0.3, -0.25) is 4.79 Å². The van der Waals surface area contributed by atoms with Gasteiger partial charge in [0.15, 0.2) is 0 Å². The maximum atomic E-state index is 11.9. The second-order valence-corrected chi connectivity index (χ2v) is 4.76. The van der Waals surface area contributed by atoms with Gasteiger partial charge < -0.3 is 21.5 Å². The maximum absolute atomic E-state index is 11.9. The molecule has 0 aromatic carbocycles. The lowest BCUT2D eigenvalue weighted by molar-refractivity contribution is -0.124. The zero-order valence-corrected chi connectivity index (χ0v) is 11.4. The molecule has 18 heavy (non-hydrogen) atoms. The summed E-state index contributed by atoms with van der Waals surface area (Å²) in [5.74, 6) is -0.0176. The van der Waals surface area contributed by atoms with Crippen molar-refractivity contribution in [3.05, 3.63) is 0 Å². The lowest BCUT2D eigenvalue weighted by Gasteiger charge is -2.22. The molecule has 0 aliphatic heterocycles. The Morgan fingerprint density at radius 2 is 1.94 bits per heavy atom. The van der Waals surface area contributed by atoms with E-state index in [0.717, 1.165) is 6.42 Å². The quantitative estimate of drug-likeness (QED) is 0.500. The number of amides is 3. The van der Waals surface area contributed by atoms with Gasteiger partial charge in [-0.1, -0.05) is 27.2 Å². The molecule has 0 saturated carbocycles. The molecule has 2 unspecified atom stereocenters. The first-order valence-corrected chi connectivity index (χ1v) is 6.36. The highest BCUT2D eigenvalue weighted by Gasteiger charge is 2.23. The number of carbonyl (C=O) groups excluding carboxylic acids is 2. The van der Waals surface area contributed by atoms with Crippen LogP contribution in [0.1, 0.15) is 33.6 Å². The van der Waals surface area contributed by atoms with E-state index in [1.54, 1.807) is 0 Å². The number of hydrogen-bond donors (Lipinski definition) is 4. The zero-order chi connectivity index (χ0) is 14.1. The Kier molecular flexibility index (Phi) is 8.11. The van der Waals surface area contributed by atoms with E-state index in [-0.39, 0.29) is 24.3 Å². The van der Waals surface area contributed by atoms with Crippen LogP contribution in [0.2, 0.25) is 0 Å². The Hall–Kier alpha value is -1.30. The van der Waals surface area contributed by atoms with E-state index in [2.05, 4.69) is 10.6 Å². The van der Waals surface area contributed by atoms with Crippen molar-refractivity contribution in [3.63, 3.8) is 0 Å². The molecule has 6 nitrogen and oxygen atoms in total. The first kappa shape index (κ1) is 16.7. The lowest BCUT2D eigenvalue weighted by Crippen LogP contribution is -2.52. The van der Waals surface area contributed by atoms with Crippen LogP contribution in [0.25, 0.3) is 0 Å². The van der Waals surface area contributed by atoms with E-state index in [4.69, 9.17) is 10.8 Å². The molecule has 0 aromatic heterocycles. The van der Waals surface area contributed by atoms with Crippen LogP contribution < -0.4 is 16.4 Å². The molecule has 106 valence electrons. The molecule has 0 spiro atoms. The summed E-state index contributed by atoms with van der Waals surface area (Å²) >= 11 is 0. The van der Waals surface area contributed by atoms with Gasteiger partial charge in [0, 0.05) is 13.2 Å². The molecule has 0 radical (unpaired) electrons. The predicted octanol–water partition coefficient (Wildman–Crippen LogP) is 0.204. The second kappa shape index (κ2) is 8.74. The highest BCUT2D eigenvalue weighted by molar-refractivity contribution is 5.86. The Balaban J connectivity index is 4.29. The SMILES string of the molecule is CCC(CCO)CNC(=O)C(NC(N)=O)C(C)C. The van der Waals surface area contributed by atoms with Crippen molar-refractivity contribution in [1.29, 1.82) is 0 Å². The van der Waals surface area contributed by atoms with E-state index in [1.807, 2.05) is 20.8 Å². The zero-order valence-electron chi connectivity index (χ0n) is 11.4. The van der Waals surface area contributed by atoms with Gasteiger partial charge in [-0.25, -0.2) is 4.79 Å². The minimum atomic E-state index is -0.703. The number of primary amides is 1. The number of nitrogens with two attached hydrogens (primary N) is 1. The van der Waals surface area contributed by atoms with Crippen LogP contribution in [0.4, 0.5) is 4.79 Å². The van der Waals surface area contributed by atoms with Crippen LogP contribution in [-0.4, -0.2) is 36.2 Å². The summed E-state index contributed by atoms with van der Waals surface area (Å²) in [4.78, 5) is 22.7. The molecule has 6 heteroatoms. The fourth-order valence-corrected chi connectivity index (χ4v) is 1.68. The summed E-state index contributed by atoms with van der Waals surface area (Å²) in [5, 5.41) is 14.1. The van der Waals surface area contributed by atoms with Crippen molar-refractivity contribution in [1.82, 2.24) is 10.6 Å². The molecule has 0 fully saturated rings. The molecule has 5 N–H and O–H groups in total. The minimum Gasteiger partial charge on any atom is -0.396 e. The molecule has 0 saturated heterocycles. The van der Waals surface area contributed by atoms with Crippen molar-refractivity contribution in [2.24, 2.45) is 17.6 Å². The molecule has 2 atom stereocenters. The van der Waals surface area contributed by atoms with Crippen molar-refractivity contribution < 1.29 is 14.7 Å². The number of carbonyl (C=O) groups is 2. The number of urea groups is 1. The monoisotopic (exact) mass is 259 g/mol. The van der Waals surface area contributed by atoms with Crippen LogP contribution in [-0.2, 0) is 4.79 Å². The smallest absolute Gasteiger partial charge is 0.312 e. The van der Waals surface area contributed by atoms with Crippen LogP contribution in [0.5, 0.6) is 0 Å². The van der Waals surface area contributed by atoms with E-state index in [1.165, 1.54) is 0 Å². The third-order valence-corrected chi connectivity index (χ3v) is 2.93. The summed E-state index contributed by atoms with van der Waals surface area (Å²) in [7, 11) is 0. The molecule has 0 aromatic rings. The Morgan fingerprint density at radius 1 is 1.33 bits per heavy atom. The number of nitrogens with one attached hydrogen (secondary N) is 2. The molecular weight excluding hydrogens is 234 g/mol. The first-order chi connectivity index (χ1) is 8.42. The van der Waals surface area contributed by atoms with Gasteiger partial charge in [-0.2, -0.15) is 0 Å². The first-order valence-electron chi connectivity index (χ1n) is 6.36. The van der Waals surface area contributed by atoms with Crippen molar-refractivity contribution in [3.8, 4) is 0 Å². The standard InChI is InChI=1S/C12H25N3O3/c1-4-9(5-6-16)7-14-11(17)10(8(2)3)15-12(13)18/h8-10,16H,4-7H2,1-3H3,(H,14,17)(H3,13,15,18). The summed E-state index contributed by atoms with van der Waals surface area (Å²) in [6.45, 7) is 6.30. The average molecular weight is 259 g/mol. The van der Waals surface area contributed by atoms with Crippen LogP contribution in [0, 0.1) is 11.8 Å². The van der Waals surface area contributed by atoms with Crippen LogP contribution in [0.15, 0.2) is 0 Å². The van der Waals surface area contributed by atoms with Gasteiger partial charge in [0.05, 0.1) is 0 Å². The predicted molar refractivity (Wildman–Crippen MR) is 69.8 cm³/mol. The largest absolute Gasteiger partial charge is 0.396 e. The number of hydrogen-bond acceptors (Lipinski definition) is 3. The number of rotatable bonds is 8. The van der Waals surface area contributed by atoms with Crippen molar-refractivity contribution in [2.75, 3.05) is 13.2 Å². The third kappa shape index (κ3) is 6.44. The fraction of sp³-hybridized carbons (Fsp3) is 0.833. The van der Waals surface area contributed by atoms with Crippen LogP contribution >= 0.6 is 0 Å². The van der Waals surface area contributed by atoms with Crippen molar-refractivity contribution in [2.45, 2.75) is 39.7 Å². The Bertz CT molecular complexity index is 269. The fourth-order valence-electron chi connectivity index (χ4n) is 1.68. The van der Waals surface area contributed by atoms with Crippen molar-refractivity contribution >= 4 is 11.9 Å². The average Bonchev–Trinajstić information content (AvgIpc) is 2.30. The summed E-state index contributed by atoms with van der Waals surface area (Å²) in [6.07, 6.45) is 1.54. The Labute approximate surface area is 108 Å². The molecule has 3 amide bonds. The third-order valence-electron chi connectivity index (χ3n) is 2.93. The normalized spacial score (nSPS) is 14.1. The molecule has 0 bridgehead atoms. The molecule has 0 aliphatic carbocycles. The summed E-state index contributed by atoms with van der Waals surface area (Å²) < 4.78 is 0. The highest BCUT2D eigenvalue weighted by Crippen LogP contribution is 2.07. The second-order valence-electron chi connectivity index (χ2n) is 4.76. The molecular formula is C12H25N3O3. The van der Waals surface area contributed by atoms with Gasteiger partial charge in [-0.05, 0) is 18.3 Å². The van der Waals surface area contributed by atoms with E-state index in [9.17, 15) is 9.59 Å². The van der Waals surface area contributed by atoms with Crippen LogP contribution in [0.3, 0.4) is 0 Å². The van der Waals surface area contributed by atoms with Gasteiger partial charge in [0.2, 0.25) is 5.91 Å². The topological polar surface area (TPSA) is 104 Å². The van der Waals surface area contributed by atoms with E-state index < -0.39 is 12.1 Å². The molecule has 0 aliphatic rings. The van der Waals surface area contributed by atoms with E-state index in [0.29, 0.717) is 13.0 Å². The van der Waals surface area contributed by atoms with E-state index >= 15 is 0 Å². The van der Waals surface area contributed by atoms with Gasteiger partial charge in [0.1, 0.15) is 6.04 Å². The number of aliphatic hydroxyl groups is 1. The van der Waals surface area contributed by atoms with Gasteiger partial charge in [-0.15, -0.1) is 0 Å². The molecule has 0 heterocycles. The van der Waals surface area contributed by atoms with Gasteiger partial charge >= 0.3 is 6.03 Å². The summed E-state index contributed by atoms with van der Waals surface area (Å²) in [5.41, 5.74) is 5.04.